The number of halogens is 1. The molecule has 0 aliphatic heterocycles. The number of amides is 2. The fourth-order valence-corrected chi connectivity index (χ4v) is 6.27. The second kappa shape index (κ2) is 15.8. The Labute approximate surface area is 267 Å². The van der Waals surface area contributed by atoms with Gasteiger partial charge in [-0.15, -0.1) is 0 Å². The molecule has 0 aliphatic rings. The second-order valence-corrected chi connectivity index (χ2v) is 12.5. The summed E-state index contributed by atoms with van der Waals surface area (Å²) in [5.74, 6) is -1.59. The molecule has 0 heterocycles. The Hall–Kier alpha value is -5.10. The van der Waals surface area contributed by atoms with Crippen molar-refractivity contribution in [2.75, 3.05) is 17.4 Å². The van der Waals surface area contributed by atoms with Crippen LogP contribution in [0.25, 0.3) is 0 Å². The molecule has 1 atom stereocenters. The molecule has 0 saturated carbocycles. The van der Waals surface area contributed by atoms with E-state index in [9.17, 15) is 32.5 Å². The highest BCUT2D eigenvalue weighted by atomic mass is 32.2. The number of hydrogen-bond acceptors (Lipinski definition) is 6. The van der Waals surface area contributed by atoms with E-state index in [0.717, 1.165) is 34.8 Å². The second-order valence-electron chi connectivity index (χ2n) is 10.6. The predicted octanol–water partition coefficient (Wildman–Crippen LogP) is 5.49. The third-order valence-corrected chi connectivity index (χ3v) is 9.11. The average molecular weight is 647 g/mol. The van der Waals surface area contributed by atoms with Crippen molar-refractivity contribution >= 4 is 33.2 Å². The molecule has 240 valence electrons. The Bertz CT molecular complexity index is 1720. The van der Waals surface area contributed by atoms with Crippen LogP contribution in [-0.2, 0) is 32.6 Å². The lowest BCUT2D eigenvalue weighted by Crippen LogP contribution is -2.53. The summed E-state index contributed by atoms with van der Waals surface area (Å²) in [6.45, 7) is 1.54. The minimum Gasteiger partial charge on any atom is -0.354 e. The van der Waals surface area contributed by atoms with Crippen molar-refractivity contribution in [2.45, 2.75) is 43.7 Å². The number of sulfonamides is 1. The van der Waals surface area contributed by atoms with Gasteiger partial charge in [0.15, 0.2) is 0 Å². The number of carbonyl (C=O) groups excluding carboxylic acids is 2. The Morgan fingerprint density at radius 1 is 0.870 bits per heavy atom. The zero-order chi connectivity index (χ0) is 33.1. The summed E-state index contributed by atoms with van der Waals surface area (Å²) >= 11 is 0. The molecular formula is C34H35FN4O6S. The van der Waals surface area contributed by atoms with Crippen molar-refractivity contribution in [2.24, 2.45) is 0 Å². The van der Waals surface area contributed by atoms with Crippen LogP contribution in [0.5, 0.6) is 0 Å². The molecule has 0 spiro atoms. The SMILES string of the molecule is CCCCNC(=O)[C@H](Cc1ccccc1)N(Cc1ccc(F)cc1)C(=O)CN(c1ccc([N+](=O)[O-])cc1)S(=O)(=O)c1ccccc1. The molecular weight excluding hydrogens is 611 g/mol. The number of benzene rings is 4. The molecule has 12 heteroatoms. The average Bonchev–Trinajstić information content (AvgIpc) is 3.07. The largest absolute Gasteiger partial charge is 0.354 e. The lowest BCUT2D eigenvalue weighted by atomic mass is 10.0. The van der Waals surface area contributed by atoms with E-state index in [1.165, 1.54) is 53.4 Å². The predicted molar refractivity (Wildman–Crippen MR) is 173 cm³/mol. The third kappa shape index (κ3) is 8.75. The van der Waals surface area contributed by atoms with Gasteiger partial charge in [0, 0.05) is 31.6 Å². The monoisotopic (exact) mass is 646 g/mol. The number of nitrogens with zero attached hydrogens (tertiary/aromatic N) is 3. The highest BCUT2D eigenvalue weighted by Gasteiger charge is 2.34. The minimum atomic E-state index is -4.35. The number of nitrogens with one attached hydrogen (secondary N) is 1. The van der Waals surface area contributed by atoms with Gasteiger partial charge >= 0.3 is 0 Å². The molecule has 0 saturated heterocycles. The Morgan fingerprint density at radius 2 is 1.48 bits per heavy atom. The van der Waals surface area contributed by atoms with E-state index in [-0.39, 0.29) is 29.2 Å². The zero-order valence-electron chi connectivity index (χ0n) is 25.3. The van der Waals surface area contributed by atoms with Crippen LogP contribution in [0.1, 0.15) is 30.9 Å². The highest BCUT2D eigenvalue weighted by Crippen LogP contribution is 2.27. The van der Waals surface area contributed by atoms with Gasteiger partial charge in [-0.25, -0.2) is 12.8 Å². The summed E-state index contributed by atoms with van der Waals surface area (Å²) in [6.07, 6.45) is 1.69. The van der Waals surface area contributed by atoms with Crippen molar-refractivity contribution in [1.29, 1.82) is 0 Å². The third-order valence-electron chi connectivity index (χ3n) is 7.33. The van der Waals surface area contributed by atoms with Crippen molar-refractivity contribution in [3.05, 3.63) is 136 Å². The van der Waals surface area contributed by atoms with E-state index in [2.05, 4.69) is 5.32 Å². The van der Waals surface area contributed by atoms with E-state index >= 15 is 0 Å². The van der Waals surface area contributed by atoms with Gasteiger partial charge in [-0.05, 0) is 53.9 Å². The zero-order valence-corrected chi connectivity index (χ0v) is 26.1. The van der Waals surface area contributed by atoms with Crippen molar-refractivity contribution in [1.82, 2.24) is 10.2 Å². The number of carbonyl (C=O) groups is 2. The van der Waals surface area contributed by atoms with Crippen LogP contribution in [0, 0.1) is 15.9 Å². The van der Waals surface area contributed by atoms with Crippen LogP contribution in [0.3, 0.4) is 0 Å². The molecule has 2 amide bonds. The number of nitro benzene ring substituents is 1. The smallest absolute Gasteiger partial charge is 0.269 e. The first kappa shape index (κ1) is 33.8. The number of unbranched alkanes of at least 4 members (excludes halogenated alkanes) is 1. The summed E-state index contributed by atoms with van der Waals surface area (Å²) in [6, 6.07) is 25.9. The molecule has 0 fully saturated rings. The quantitative estimate of drug-likeness (QED) is 0.103. The molecule has 0 aromatic heterocycles. The summed E-state index contributed by atoms with van der Waals surface area (Å²) < 4.78 is 42.6. The molecule has 0 bridgehead atoms. The first-order chi connectivity index (χ1) is 22.1. The van der Waals surface area contributed by atoms with Crippen molar-refractivity contribution in [3.8, 4) is 0 Å². The van der Waals surface area contributed by atoms with E-state index in [0.29, 0.717) is 12.1 Å². The van der Waals surface area contributed by atoms with Crippen molar-refractivity contribution < 1.29 is 27.3 Å². The summed E-state index contributed by atoms with van der Waals surface area (Å²) in [5.41, 5.74) is 1.08. The maximum Gasteiger partial charge on any atom is 0.269 e. The molecule has 4 aromatic rings. The van der Waals surface area contributed by atoms with Gasteiger partial charge in [0.05, 0.1) is 15.5 Å². The normalized spacial score (nSPS) is 11.8. The summed E-state index contributed by atoms with van der Waals surface area (Å²) in [4.78, 5) is 40.0. The Kier molecular flexibility index (Phi) is 11.6. The molecule has 0 aliphatic carbocycles. The van der Waals surface area contributed by atoms with Crippen LogP contribution >= 0.6 is 0 Å². The fourth-order valence-electron chi connectivity index (χ4n) is 4.84. The molecule has 4 rings (SSSR count). The Morgan fingerprint density at radius 3 is 2.07 bits per heavy atom. The van der Waals surface area contributed by atoms with Gasteiger partial charge in [0.2, 0.25) is 11.8 Å². The number of hydrogen-bond donors (Lipinski definition) is 1. The summed E-state index contributed by atoms with van der Waals surface area (Å²) in [7, 11) is -4.35. The van der Waals surface area contributed by atoms with Gasteiger partial charge in [0.25, 0.3) is 15.7 Å². The maximum absolute atomic E-state index is 14.4. The first-order valence-corrected chi connectivity index (χ1v) is 16.2. The summed E-state index contributed by atoms with van der Waals surface area (Å²) in [5, 5.41) is 14.2. The molecule has 0 radical (unpaired) electrons. The highest BCUT2D eigenvalue weighted by molar-refractivity contribution is 7.92. The van der Waals surface area contributed by atoms with Crippen molar-refractivity contribution in [3.63, 3.8) is 0 Å². The standard InChI is InChI=1S/C34H35FN4O6S/c1-2-3-22-36-34(41)32(23-26-10-6-4-7-11-26)37(24-27-14-16-28(35)17-15-27)33(40)25-38(29-18-20-30(21-19-29)39(42)43)46(44,45)31-12-8-5-9-13-31/h4-21,32H,2-3,22-25H2,1H3,(H,36,41)/t32-/m0/s1. The van der Waals surface area contributed by atoms with E-state index in [1.807, 2.05) is 37.3 Å². The van der Waals surface area contributed by atoms with Gasteiger partial charge < -0.3 is 10.2 Å². The molecule has 10 nitrogen and oxygen atoms in total. The molecule has 46 heavy (non-hydrogen) atoms. The number of anilines is 1. The number of rotatable bonds is 15. The van der Waals surface area contributed by atoms with Gasteiger partial charge in [-0.3, -0.25) is 24.0 Å². The van der Waals surface area contributed by atoms with Crippen LogP contribution in [0.2, 0.25) is 0 Å². The number of nitro groups is 1. The van der Waals surface area contributed by atoms with Crippen LogP contribution in [0.15, 0.2) is 114 Å². The topological polar surface area (TPSA) is 130 Å². The van der Waals surface area contributed by atoms with E-state index in [1.54, 1.807) is 18.2 Å². The Balaban J connectivity index is 1.79. The van der Waals surface area contributed by atoms with Gasteiger partial charge in [0.1, 0.15) is 18.4 Å². The molecule has 4 aromatic carbocycles. The lowest BCUT2D eigenvalue weighted by Gasteiger charge is -2.34. The molecule has 0 unspecified atom stereocenters. The minimum absolute atomic E-state index is 0.0246. The number of non-ortho nitro benzene ring substituents is 1. The molecule has 1 N–H and O–H groups in total. The fraction of sp³-hybridized carbons (Fsp3) is 0.235. The first-order valence-electron chi connectivity index (χ1n) is 14.8. The van der Waals surface area contributed by atoms with Gasteiger partial charge in [-0.1, -0.05) is 74.0 Å². The van der Waals surface area contributed by atoms with Crippen LogP contribution < -0.4 is 9.62 Å². The van der Waals surface area contributed by atoms with Crippen LogP contribution in [-0.4, -0.2) is 49.2 Å². The maximum atomic E-state index is 14.4. The van der Waals surface area contributed by atoms with E-state index < -0.39 is 45.2 Å². The lowest BCUT2D eigenvalue weighted by molar-refractivity contribution is -0.384. The van der Waals surface area contributed by atoms with E-state index in [4.69, 9.17) is 0 Å². The van der Waals surface area contributed by atoms with Crippen LogP contribution in [0.4, 0.5) is 15.8 Å². The van der Waals surface area contributed by atoms with Gasteiger partial charge in [-0.2, -0.15) is 0 Å².